The molecule has 1 unspecified atom stereocenters. The SMILES string of the molecule is Cl.NCC1CCN(Cc2cc(C(F)(F)F)n[nH]2)C1. The molecule has 0 aliphatic carbocycles. The molecule has 0 saturated carbocycles. The third kappa shape index (κ3) is 3.60. The maximum absolute atomic E-state index is 12.3. The molecule has 18 heavy (non-hydrogen) atoms. The first-order valence-corrected chi connectivity index (χ1v) is 5.53. The van der Waals surface area contributed by atoms with Crippen molar-refractivity contribution in [3.8, 4) is 0 Å². The Labute approximate surface area is 109 Å². The van der Waals surface area contributed by atoms with Gasteiger partial charge in [0.05, 0.1) is 0 Å². The number of hydrogen-bond acceptors (Lipinski definition) is 3. The Balaban J connectivity index is 0.00000162. The van der Waals surface area contributed by atoms with E-state index in [2.05, 4.69) is 15.1 Å². The standard InChI is InChI=1S/C10H15F3N4.ClH/c11-10(12,13)9-3-8(15-16-9)6-17-2-1-7(4-14)5-17;/h3,7H,1-2,4-6,14H2,(H,15,16);1H. The molecule has 0 aromatic carbocycles. The van der Waals surface area contributed by atoms with E-state index in [-0.39, 0.29) is 12.4 Å². The number of rotatable bonds is 3. The van der Waals surface area contributed by atoms with Crippen LogP contribution in [0, 0.1) is 5.92 Å². The zero-order valence-corrected chi connectivity index (χ0v) is 10.5. The van der Waals surface area contributed by atoms with E-state index in [1.54, 1.807) is 0 Å². The Morgan fingerprint density at radius 3 is 2.72 bits per heavy atom. The molecule has 0 bridgehead atoms. The molecule has 1 aliphatic rings. The summed E-state index contributed by atoms with van der Waals surface area (Å²) in [6, 6.07) is 1.07. The van der Waals surface area contributed by atoms with Crippen molar-refractivity contribution in [2.24, 2.45) is 11.7 Å². The normalized spacial score (nSPS) is 21.0. The zero-order chi connectivity index (χ0) is 12.5. The first-order valence-electron chi connectivity index (χ1n) is 5.53. The van der Waals surface area contributed by atoms with E-state index >= 15 is 0 Å². The fourth-order valence-electron chi connectivity index (χ4n) is 2.08. The Hall–Kier alpha value is -0.790. The summed E-state index contributed by atoms with van der Waals surface area (Å²) in [6.07, 6.45) is -3.36. The molecule has 2 rings (SSSR count). The average molecular weight is 285 g/mol. The van der Waals surface area contributed by atoms with Crippen LogP contribution in [-0.4, -0.2) is 34.7 Å². The Bertz CT molecular complexity index is 379. The van der Waals surface area contributed by atoms with Gasteiger partial charge >= 0.3 is 6.18 Å². The lowest BCUT2D eigenvalue weighted by Crippen LogP contribution is -2.22. The van der Waals surface area contributed by atoms with Gasteiger partial charge in [0.25, 0.3) is 0 Å². The zero-order valence-electron chi connectivity index (χ0n) is 9.70. The van der Waals surface area contributed by atoms with Gasteiger partial charge in [-0.15, -0.1) is 12.4 Å². The molecule has 0 amide bonds. The number of aromatic amines is 1. The number of alkyl halides is 3. The minimum Gasteiger partial charge on any atom is -0.330 e. The van der Waals surface area contributed by atoms with Crippen LogP contribution in [0.5, 0.6) is 0 Å². The maximum Gasteiger partial charge on any atom is 0.435 e. The summed E-state index contributed by atoms with van der Waals surface area (Å²) in [7, 11) is 0. The van der Waals surface area contributed by atoms with Crippen molar-refractivity contribution in [2.75, 3.05) is 19.6 Å². The third-order valence-electron chi connectivity index (χ3n) is 3.02. The monoisotopic (exact) mass is 284 g/mol. The smallest absolute Gasteiger partial charge is 0.330 e. The molecule has 1 aromatic rings. The van der Waals surface area contributed by atoms with Crippen molar-refractivity contribution in [3.63, 3.8) is 0 Å². The summed E-state index contributed by atoms with van der Waals surface area (Å²) in [5.74, 6) is 0.458. The largest absolute Gasteiger partial charge is 0.435 e. The van der Waals surface area contributed by atoms with Crippen molar-refractivity contribution in [2.45, 2.75) is 19.1 Å². The van der Waals surface area contributed by atoms with Crippen LogP contribution in [0.4, 0.5) is 13.2 Å². The highest BCUT2D eigenvalue weighted by Gasteiger charge is 2.34. The predicted octanol–water partition coefficient (Wildman–Crippen LogP) is 1.63. The first-order chi connectivity index (χ1) is 7.99. The van der Waals surface area contributed by atoms with Crippen LogP contribution in [0.15, 0.2) is 6.07 Å². The summed E-state index contributed by atoms with van der Waals surface area (Å²) in [6.45, 7) is 2.83. The lowest BCUT2D eigenvalue weighted by molar-refractivity contribution is -0.141. The maximum atomic E-state index is 12.3. The van der Waals surface area contributed by atoms with E-state index in [0.717, 1.165) is 25.6 Å². The summed E-state index contributed by atoms with van der Waals surface area (Å²) >= 11 is 0. The molecule has 2 heterocycles. The molecule has 1 aromatic heterocycles. The van der Waals surface area contributed by atoms with Gasteiger partial charge in [0.1, 0.15) is 0 Å². The Morgan fingerprint density at radius 2 is 2.22 bits per heavy atom. The van der Waals surface area contributed by atoms with E-state index in [1.807, 2.05) is 0 Å². The van der Waals surface area contributed by atoms with Gasteiger partial charge in [0.15, 0.2) is 5.69 Å². The average Bonchev–Trinajstić information content (AvgIpc) is 2.86. The predicted molar refractivity (Wildman–Crippen MR) is 63.3 cm³/mol. The van der Waals surface area contributed by atoms with E-state index in [4.69, 9.17) is 5.73 Å². The highest BCUT2D eigenvalue weighted by atomic mass is 35.5. The molecule has 0 spiro atoms. The van der Waals surface area contributed by atoms with E-state index in [1.165, 1.54) is 0 Å². The van der Waals surface area contributed by atoms with Gasteiger partial charge in [-0.1, -0.05) is 0 Å². The van der Waals surface area contributed by atoms with Crippen LogP contribution in [0.25, 0.3) is 0 Å². The van der Waals surface area contributed by atoms with Crippen molar-refractivity contribution < 1.29 is 13.2 Å². The Kier molecular flexibility index (Phi) is 5.01. The van der Waals surface area contributed by atoms with Crippen LogP contribution in [0.1, 0.15) is 17.8 Å². The second-order valence-corrected chi connectivity index (χ2v) is 4.40. The van der Waals surface area contributed by atoms with Gasteiger partial charge in [0.2, 0.25) is 0 Å². The quantitative estimate of drug-likeness (QED) is 0.887. The minimum atomic E-state index is -4.38. The van der Waals surface area contributed by atoms with E-state index < -0.39 is 11.9 Å². The highest BCUT2D eigenvalue weighted by molar-refractivity contribution is 5.85. The van der Waals surface area contributed by atoms with E-state index in [9.17, 15) is 13.2 Å². The second kappa shape index (κ2) is 5.90. The number of nitrogens with one attached hydrogen (secondary N) is 1. The first kappa shape index (κ1) is 15.3. The number of nitrogens with zero attached hydrogens (tertiary/aromatic N) is 2. The van der Waals surface area contributed by atoms with Crippen molar-refractivity contribution >= 4 is 12.4 Å². The van der Waals surface area contributed by atoms with Gasteiger partial charge in [-0.25, -0.2) is 0 Å². The van der Waals surface area contributed by atoms with Gasteiger partial charge < -0.3 is 5.73 Å². The molecule has 1 fully saturated rings. The van der Waals surface area contributed by atoms with Crippen LogP contribution in [-0.2, 0) is 12.7 Å². The number of nitrogens with two attached hydrogens (primary N) is 1. The molecular weight excluding hydrogens is 269 g/mol. The molecule has 1 saturated heterocycles. The summed E-state index contributed by atoms with van der Waals surface area (Å²) in [4.78, 5) is 2.09. The lowest BCUT2D eigenvalue weighted by atomic mass is 10.1. The number of likely N-dealkylation sites (tertiary alicyclic amines) is 1. The molecule has 104 valence electrons. The second-order valence-electron chi connectivity index (χ2n) is 4.40. The molecule has 1 aliphatic heterocycles. The highest BCUT2D eigenvalue weighted by Crippen LogP contribution is 2.28. The van der Waals surface area contributed by atoms with Crippen molar-refractivity contribution in [3.05, 3.63) is 17.5 Å². The summed E-state index contributed by atoms with van der Waals surface area (Å²) in [5.41, 5.74) is 5.19. The summed E-state index contributed by atoms with van der Waals surface area (Å²) < 4.78 is 37.0. The number of H-pyrrole nitrogens is 1. The molecule has 3 N–H and O–H groups in total. The number of hydrogen-bond donors (Lipinski definition) is 2. The molecule has 8 heteroatoms. The molecule has 0 radical (unpaired) electrons. The van der Waals surface area contributed by atoms with Crippen LogP contribution in [0.2, 0.25) is 0 Å². The van der Waals surface area contributed by atoms with Crippen LogP contribution in [0.3, 0.4) is 0 Å². The fraction of sp³-hybridized carbons (Fsp3) is 0.700. The van der Waals surface area contributed by atoms with Gasteiger partial charge in [-0.3, -0.25) is 10.00 Å². The van der Waals surface area contributed by atoms with Crippen LogP contribution >= 0.6 is 12.4 Å². The van der Waals surface area contributed by atoms with Crippen molar-refractivity contribution in [1.29, 1.82) is 0 Å². The Morgan fingerprint density at radius 1 is 1.50 bits per heavy atom. The molecular formula is C10H16ClF3N4. The third-order valence-corrected chi connectivity index (χ3v) is 3.02. The van der Waals surface area contributed by atoms with E-state index in [0.29, 0.717) is 24.7 Å². The minimum absolute atomic E-state index is 0. The fourth-order valence-corrected chi connectivity index (χ4v) is 2.08. The lowest BCUT2D eigenvalue weighted by Gasteiger charge is -2.13. The van der Waals surface area contributed by atoms with Gasteiger partial charge in [-0.05, 0) is 31.5 Å². The number of halogens is 4. The van der Waals surface area contributed by atoms with Gasteiger partial charge in [-0.2, -0.15) is 18.3 Å². The number of aromatic nitrogens is 2. The topological polar surface area (TPSA) is 57.9 Å². The van der Waals surface area contributed by atoms with Crippen LogP contribution < -0.4 is 5.73 Å². The molecule has 1 atom stereocenters. The molecule has 4 nitrogen and oxygen atoms in total. The van der Waals surface area contributed by atoms with Gasteiger partial charge in [0, 0.05) is 18.8 Å². The van der Waals surface area contributed by atoms with Crippen molar-refractivity contribution in [1.82, 2.24) is 15.1 Å². The summed E-state index contributed by atoms with van der Waals surface area (Å²) in [5, 5.41) is 5.70.